The van der Waals surface area contributed by atoms with E-state index in [2.05, 4.69) is 68.3 Å². The zero-order valence-corrected chi connectivity index (χ0v) is 27.6. The van der Waals surface area contributed by atoms with Crippen molar-refractivity contribution in [3.63, 3.8) is 0 Å². The van der Waals surface area contributed by atoms with Crippen molar-refractivity contribution in [2.45, 2.75) is 49.4 Å². The van der Waals surface area contributed by atoms with Gasteiger partial charge in [-0.1, -0.05) is 92.6 Å². The number of carbonyl (C=O) groups is 1. The standard InChI is InChI=1S/C35H40Br2O5/c1-39-32-23-27(11-13-30(32)41-21-9-19-36)34(15-5-3-6-16-34)25-29(38)26-35(17-7-4-8-18-35)28-12-14-31(33(24-28)40-2)42-22-10-20-37/h3-8,11-15,17,23-24H,9-10,16,18-22,25-26H2,1-2H3. The number of halogens is 2. The van der Waals surface area contributed by atoms with Crippen LogP contribution in [0.1, 0.15) is 49.7 Å². The van der Waals surface area contributed by atoms with Gasteiger partial charge in [0.05, 0.1) is 27.4 Å². The van der Waals surface area contributed by atoms with Crippen molar-refractivity contribution in [3.05, 3.63) is 96.1 Å². The Morgan fingerprint density at radius 2 is 1.14 bits per heavy atom. The molecule has 4 rings (SSSR count). The molecular formula is C35H40Br2O5. The molecule has 2 aliphatic carbocycles. The Kier molecular flexibility index (Phi) is 12.0. The Morgan fingerprint density at radius 3 is 1.50 bits per heavy atom. The summed E-state index contributed by atoms with van der Waals surface area (Å²) >= 11 is 6.90. The van der Waals surface area contributed by atoms with Gasteiger partial charge in [-0.15, -0.1) is 0 Å². The van der Waals surface area contributed by atoms with Gasteiger partial charge in [-0.25, -0.2) is 0 Å². The van der Waals surface area contributed by atoms with Crippen LogP contribution in [0.5, 0.6) is 23.0 Å². The number of benzene rings is 2. The number of hydrogen-bond donors (Lipinski definition) is 0. The van der Waals surface area contributed by atoms with E-state index in [1.807, 2.05) is 48.6 Å². The minimum absolute atomic E-state index is 0.197. The van der Waals surface area contributed by atoms with Crippen LogP contribution in [0.4, 0.5) is 0 Å². The van der Waals surface area contributed by atoms with Crippen molar-refractivity contribution in [3.8, 4) is 23.0 Å². The number of Topliss-reactive ketones (excluding diaryl/α,β-unsaturated/α-hetero) is 1. The minimum Gasteiger partial charge on any atom is -0.493 e. The second-order valence-electron chi connectivity index (χ2n) is 10.7. The maximum absolute atomic E-state index is 14.1. The van der Waals surface area contributed by atoms with Crippen molar-refractivity contribution in [2.75, 3.05) is 38.1 Å². The summed E-state index contributed by atoms with van der Waals surface area (Å²) in [5.41, 5.74) is 1.16. The van der Waals surface area contributed by atoms with E-state index in [9.17, 15) is 4.79 Å². The van der Waals surface area contributed by atoms with Crippen LogP contribution in [0.3, 0.4) is 0 Å². The van der Waals surface area contributed by atoms with E-state index >= 15 is 0 Å². The fourth-order valence-corrected chi connectivity index (χ4v) is 6.11. The van der Waals surface area contributed by atoms with Crippen molar-refractivity contribution >= 4 is 37.6 Å². The Balaban J connectivity index is 1.60. The number of alkyl halides is 2. The lowest BCUT2D eigenvalue weighted by atomic mass is 9.67. The highest BCUT2D eigenvalue weighted by molar-refractivity contribution is 9.09. The monoisotopic (exact) mass is 698 g/mol. The molecule has 0 fully saturated rings. The molecule has 7 heteroatoms. The molecule has 0 N–H and O–H groups in total. The molecule has 0 spiro atoms. The van der Waals surface area contributed by atoms with Gasteiger partial charge in [-0.05, 0) is 61.1 Å². The minimum atomic E-state index is -0.465. The van der Waals surface area contributed by atoms with Crippen LogP contribution in [0, 0.1) is 0 Å². The summed E-state index contributed by atoms with van der Waals surface area (Å²) in [6.07, 6.45) is 20.8. The van der Waals surface area contributed by atoms with Gasteiger partial charge in [0.15, 0.2) is 23.0 Å². The molecule has 2 unspecified atom stereocenters. The van der Waals surface area contributed by atoms with Crippen molar-refractivity contribution in [1.82, 2.24) is 0 Å². The number of rotatable bonds is 16. The molecule has 0 saturated carbocycles. The van der Waals surface area contributed by atoms with Gasteiger partial charge < -0.3 is 18.9 Å². The summed E-state index contributed by atoms with van der Waals surface area (Å²) in [5.74, 6) is 2.98. The third-order valence-corrected chi connectivity index (χ3v) is 8.98. The lowest BCUT2D eigenvalue weighted by molar-refractivity contribution is -0.120. The first-order chi connectivity index (χ1) is 20.5. The summed E-state index contributed by atoms with van der Waals surface area (Å²) in [7, 11) is 3.31. The molecule has 0 amide bonds. The molecule has 0 radical (unpaired) electrons. The lowest BCUT2D eigenvalue weighted by Gasteiger charge is -2.35. The van der Waals surface area contributed by atoms with Gasteiger partial charge >= 0.3 is 0 Å². The highest BCUT2D eigenvalue weighted by atomic mass is 79.9. The summed E-state index contributed by atoms with van der Waals surface area (Å²) in [6.45, 7) is 1.21. The third-order valence-electron chi connectivity index (χ3n) is 7.86. The van der Waals surface area contributed by atoms with Crippen LogP contribution in [0.15, 0.2) is 85.0 Å². The van der Waals surface area contributed by atoms with E-state index in [4.69, 9.17) is 18.9 Å². The highest BCUT2D eigenvalue weighted by Gasteiger charge is 2.38. The quantitative estimate of drug-likeness (QED) is 0.130. The molecule has 0 bridgehead atoms. The predicted octanol–water partition coefficient (Wildman–Crippen LogP) is 8.59. The fraction of sp³-hybridized carbons (Fsp3) is 0.400. The number of hydrogen-bond acceptors (Lipinski definition) is 5. The average Bonchev–Trinajstić information content (AvgIpc) is 3.02. The van der Waals surface area contributed by atoms with E-state index in [1.54, 1.807) is 14.2 Å². The summed E-state index contributed by atoms with van der Waals surface area (Å²) < 4.78 is 23.3. The Morgan fingerprint density at radius 1 is 0.690 bits per heavy atom. The van der Waals surface area contributed by atoms with E-state index in [0.29, 0.717) is 49.1 Å². The van der Waals surface area contributed by atoms with E-state index < -0.39 is 10.8 Å². The molecule has 2 aromatic carbocycles. The van der Waals surface area contributed by atoms with Gasteiger partial charge in [-0.3, -0.25) is 4.79 Å². The van der Waals surface area contributed by atoms with Gasteiger partial charge in [0.25, 0.3) is 0 Å². The van der Waals surface area contributed by atoms with Gasteiger partial charge in [0.1, 0.15) is 5.78 Å². The van der Waals surface area contributed by atoms with Gasteiger partial charge in [0.2, 0.25) is 0 Å². The number of allylic oxidation sites excluding steroid dienone is 8. The van der Waals surface area contributed by atoms with Crippen molar-refractivity contribution in [2.24, 2.45) is 0 Å². The first kappa shape index (κ1) is 32.2. The number of ketones is 1. The van der Waals surface area contributed by atoms with Crippen LogP contribution in [0.2, 0.25) is 0 Å². The summed E-state index contributed by atoms with van der Waals surface area (Å²) in [6, 6.07) is 12.1. The molecule has 0 aliphatic heterocycles. The molecule has 0 aromatic heterocycles. The predicted molar refractivity (Wildman–Crippen MR) is 177 cm³/mol. The normalized spacial score (nSPS) is 20.9. The SMILES string of the molecule is COc1cc(C2(CC(=O)CC3(c4ccc(OCCCBr)c(OC)c4)C=CC=CC3)C=CC=CC2)ccc1OCCCBr. The number of ether oxygens (including phenoxy) is 4. The molecule has 2 atom stereocenters. The van der Waals surface area contributed by atoms with Crippen LogP contribution in [-0.4, -0.2) is 43.9 Å². The molecule has 0 heterocycles. The van der Waals surface area contributed by atoms with Crippen molar-refractivity contribution in [1.29, 1.82) is 0 Å². The molecule has 5 nitrogen and oxygen atoms in total. The summed E-state index contributed by atoms with van der Waals surface area (Å²) in [4.78, 5) is 14.1. The smallest absolute Gasteiger partial charge is 0.161 e. The summed E-state index contributed by atoms with van der Waals surface area (Å²) in [5, 5.41) is 1.76. The first-order valence-corrected chi connectivity index (χ1v) is 16.7. The van der Waals surface area contributed by atoms with Crippen LogP contribution < -0.4 is 18.9 Å². The Labute approximate surface area is 266 Å². The van der Waals surface area contributed by atoms with E-state index in [-0.39, 0.29) is 5.78 Å². The van der Waals surface area contributed by atoms with E-state index in [0.717, 1.165) is 47.5 Å². The second kappa shape index (κ2) is 15.6. The zero-order valence-electron chi connectivity index (χ0n) is 24.5. The molecule has 42 heavy (non-hydrogen) atoms. The van der Waals surface area contributed by atoms with Crippen LogP contribution in [-0.2, 0) is 15.6 Å². The van der Waals surface area contributed by atoms with Crippen molar-refractivity contribution < 1.29 is 23.7 Å². The first-order valence-electron chi connectivity index (χ1n) is 14.4. The molecule has 224 valence electrons. The molecule has 2 aliphatic rings. The maximum Gasteiger partial charge on any atom is 0.161 e. The Hall–Kier alpha value is -2.77. The number of carbonyl (C=O) groups excluding carboxylic acids is 1. The van der Waals surface area contributed by atoms with Crippen LogP contribution in [0.25, 0.3) is 0 Å². The second-order valence-corrected chi connectivity index (χ2v) is 12.3. The molecule has 2 aromatic rings. The largest absolute Gasteiger partial charge is 0.493 e. The lowest BCUT2D eigenvalue weighted by Crippen LogP contribution is -2.33. The highest BCUT2D eigenvalue weighted by Crippen LogP contribution is 2.44. The third kappa shape index (κ3) is 7.78. The average molecular weight is 701 g/mol. The Bertz CT molecular complexity index is 1230. The maximum atomic E-state index is 14.1. The van der Waals surface area contributed by atoms with Crippen LogP contribution >= 0.6 is 31.9 Å². The zero-order chi connectivity index (χ0) is 29.8. The topological polar surface area (TPSA) is 54.0 Å². The van der Waals surface area contributed by atoms with E-state index in [1.165, 1.54) is 0 Å². The number of methoxy groups -OCH3 is 2. The molecule has 0 saturated heterocycles. The van der Waals surface area contributed by atoms with Gasteiger partial charge in [-0.2, -0.15) is 0 Å². The van der Waals surface area contributed by atoms with Gasteiger partial charge in [0, 0.05) is 34.3 Å². The molecular weight excluding hydrogens is 660 g/mol. The fourth-order valence-electron chi connectivity index (χ4n) is 5.66.